The van der Waals surface area contributed by atoms with E-state index in [1.807, 2.05) is 20.2 Å². The molecular formula is C16H22N6O2. The van der Waals surface area contributed by atoms with Crippen LogP contribution < -0.4 is 9.64 Å². The van der Waals surface area contributed by atoms with Crippen molar-refractivity contribution >= 4 is 11.7 Å². The molecule has 0 radical (unpaired) electrons. The zero-order chi connectivity index (χ0) is 17.1. The number of hydrogen-bond acceptors (Lipinski definition) is 6. The second-order valence-corrected chi connectivity index (χ2v) is 5.75. The molecule has 8 heteroatoms. The molecule has 1 aliphatic rings. The lowest BCUT2D eigenvalue weighted by molar-refractivity contribution is 0.0738. The summed E-state index contributed by atoms with van der Waals surface area (Å²) in [5.41, 5.74) is 0.481. The summed E-state index contributed by atoms with van der Waals surface area (Å²) in [7, 11) is 3.41. The first-order valence-electron chi connectivity index (χ1n) is 8.04. The summed E-state index contributed by atoms with van der Waals surface area (Å²) in [5.74, 6) is 1.17. The largest absolute Gasteiger partial charge is 0.478 e. The molecule has 1 aliphatic heterocycles. The molecule has 3 heterocycles. The summed E-state index contributed by atoms with van der Waals surface area (Å²) < 4.78 is 7.03. The van der Waals surface area contributed by atoms with E-state index in [2.05, 4.69) is 20.0 Å². The number of aromatic nitrogens is 4. The Morgan fingerprint density at radius 2 is 2.21 bits per heavy atom. The highest BCUT2D eigenvalue weighted by Crippen LogP contribution is 2.27. The van der Waals surface area contributed by atoms with Gasteiger partial charge in [-0.25, -0.2) is 9.97 Å². The highest BCUT2D eigenvalue weighted by atomic mass is 16.5. The van der Waals surface area contributed by atoms with E-state index in [-0.39, 0.29) is 11.9 Å². The van der Waals surface area contributed by atoms with Crippen LogP contribution in [0.1, 0.15) is 23.8 Å². The lowest BCUT2D eigenvalue weighted by Crippen LogP contribution is -2.39. The minimum absolute atomic E-state index is 0.0554. The molecule has 8 nitrogen and oxygen atoms in total. The van der Waals surface area contributed by atoms with Gasteiger partial charge in [-0.15, -0.1) is 0 Å². The third-order valence-electron chi connectivity index (χ3n) is 4.35. The van der Waals surface area contributed by atoms with Crippen molar-refractivity contribution in [1.82, 2.24) is 24.6 Å². The molecule has 0 saturated carbocycles. The summed E-state index contributed by atoms with van der Waals surface area (Å²) >= 11 is 0. The van der Waals surface area contributed by atoms with Crippen molar-refractivity contribution in [3.63, 3.8) is 0 Å². The standard InChI is InChI=1S/C16H22N6O2/c1-4-22-10-6-13(19-22)16(23)20(2)12-5-9-21(11-12)14-15(24-3)18-8-7-17-14/h6-8,10,12H,4-5,9,11H2,1-3H3. The van der Waals surface area contributed by atoms with Gasteiger partial charge >= 0.3 is 0 Å². The minimum Gasteiger partial charge on any atom is -0.478 e. The molecule has 0 aliphatic carbocycles. The second-order valence-electron chi connectivity index (χ2n) is 5.75. The third kappa shape index (κ3) is 3.04. The predicted molar refractivity (Wildman–Crippen MR) is 89.2 cm³/mol. The van der Waals surface area contributed by atoms with Crippen molar-refractivity contribution in [2.24, 2.45) is 0 Å². The van der Waals surface area contributed by atoms with Crippen LogP contribution in [0.25, 0.3) is 0 Å². The number of nitrogens with zero attached hydrogens (tertiary/aromatic N) is 6. The molecular weight excluding hydrogens is 308 g/mol. The van der Waals surface area contributed by atoms with Crippen LogP contribution in [0.2, 0.25) is 0 Å². The molecule has 1 atom stereocenters. The fourth-order valence-corrected chi connectivity index (χ4v) is 2.93. The first kappa shape index (κ1) is 16.2. The maximum absolute atomic E-state index is 12.6. The number of ether oxygens (including phenoxy) is 1. The van der Waals surface area contributed by atoms with Gasteiger partial charge in [-0.1, -0.05) is 0 Å². The van der Waals surface area contributed by atoms with Gasteiger partial charge in [0, 0.05) is 45.3 Å². The van der Waals surface area contributed by atoms with E-state index in [1.165, 1.54) is 0 Å². The Balaban J connectivity index is 1.69. The molecule has 0 bridgehead atoms. The van der Waals surface area contributed by atoms with E-state index in [4.69, 9.17) is 4.74 Å². The number of amides is 1. The maximum atomic E-state index is 12.6. The lowest BCUT2D eigenvalue weighted by Gasteiger charge is -2.24. The van der Waals surface area contributed by atoms with Crippen LogP contribution in [-0.4, -0.2) is 63.8 Å². The fourth-order valence-electron chi connectivity index (χ4n) is 2.93. The van der Waals surface area contributed by atoms with Gasteiger partial charge in [0.25, 0.3) is 11.8 Å². The average Bonchev–Trinajstić information content (AvgIpc) is 3.29. The molecule has 1 fully saturated rings. The third-order valence-corrected chi connectivity index (χ3v) is 4.35. The topological polar surface area (TPSA) is 76.4 Å². The van der Waals surface area contributed by atoms with Crippen molar-refractivity contribution in [3.8, 4) is 5.88 Å². The molecule has 128 valence electrons. The van der Waals surface area contributed by atoms with Gasteiger partial charge in [0.15, 0.2) is 5.82 Å². The smallest absolute Gasteiger partial charge is 0.274 e. The summed E-state index contributed by atoms with van der Waals surface area (Å²) in [6.07, 6.45) is 5.95. The Hall–Kier alpha value is -2.64. The molecule has 1 amide bonds. The van der Waals surface area contributed by atoms with Crippen LogP contribution in [0.4, 0.5) is 5.82 Å². The highest BCUT2D eigenvalue weighted by Gasteiger charge is 2.31. The zero-order valence-electron chi connectivity index (χ0n) is 14.2. The van der Waals surface area contributed by atoms with Crippen molar-refractivity contribution in [2.75, 3.05) is 32.1 Å². The minimum atomic E-state index is -0.0554. The SMILES string of the molecule is CCn1ccc(C(=O)N(C)C2CCN(c3nccnc3OC)C2)n1. The number of rotatable bonds is 5. The lowest BCUT2D eigenvalue weighted by atomic mass is 10.2. The van der Waals surface area contributed by atoms with Crippen LogP contribution in [0.3, 0.4) is 0 Å². The van der Waals surface area contributed by atoms with Crippen LogP contribution in [0.5, 0.6) is 5.88 Å². The Labute approximate surface area is 141 Å². The normalized spacial score (nSPS) is 17.1. The monoisotopic (exact) mass is 330 g/mol. The van der Waals surface area contributed by atoms with Gasteiger partial charge in [0.1, 0.15) is 5.69 Å². The molecule has 2 aromatic rings. The van der Waals surface area contributed by atoms with Gasteiger partial charge in [0.2, 0.25) is 0 Å². The maximum Gasteiger partial charge on any atom is 0.274 e. The van der Waals surface area contributed by atoms with Crippen molar-refractivity contribution in [2.45, 2.75) is 25.9 Å². The Morgan fingerprint density at radius 1 is 1.42 bits per heavy atom. The van der Waals surface area contributed by atoms with Gasteiger partial charge in [-0.2, -0.15) is 5.10 Å². The van der Waals surface area contributed by atoms with Gasteiger partial charge in [-0.3, -0.25) is 9.48 Å². The summed E-state index contributed by atoms with van der Waals surface area (Å²) in [6, 6.07) is 1.87. The fraction of sp³-hybridized carbons (Fsp3) is 0.500. The Kier molecular flexibility index (Phi) is 4.64. The molecule has 24 heavy (non-hydrogen) atoms. The molecule has 0 spiro atoms. The number of aryl methyl sites for hydroxylation is 1. The Bertz CT molecular complexity index is 716. The van der Waals surface area contributed by atoms with Crippen LogP contribution in [0, 0.1) is 0 Å². The molecule has 1 saturated heterocycles. The summed E-state index contributed by atoms with van der Waals surface area (Å²) in [4.78, 5) is 25.0. The van der Waals surface area contributed by atoms with E-state index < -0.39 is 0 Å². The van der Waals surface area contributed by atoms with Crippen LogP contribution in [-0.2, 0) is 6.54 Å². The first-order chi connectivity index (χ1) is 11.6. The number of likely N-dealkylation sites (N-methyl/N-ethyl adjacent to an activating group) is 1. The van der Waals surface area contributed by atoms with Gasteiger partial charge in [-0.05, 0) is 19.4 Å². The van der Waals surface area contributed by atoms with E-state index in [1.54, 1.807) is 35.2 Å². The van der Waals surface area contributed by atoms with E-state index in [0.29, 0.717) is 18.1 Å². The first-order valence-corrected chi connectivity index (χ1v) is 8.04. The number of methoxy groups -OCH3 is 1. The second kappa shape index (κ2) is 6.86. The number of carbonyl (C=O) groups excluding carboxylic acids is 1. The van der Waals surface area contributed by atoms with E-state index >= 15 is 0 Å². The molecule has 3 rings (SSSR count). The quantitative estimate of drug-likeness (QED) is 0.816. The molecule has 0 aromatic carbocycles. The molecule has 0 N–H and O–H groups in total. The van der Waals surface area contributed by atoms with Crippen molar-refractivity contribution in [1.29, 1.82) is 0 Å². The number of anilines is 1. The van der Waals surface area contributed by atoms with Crippen LogP contribution >= 0.6 is 0 Å². The summed E-state index contributed by atoms with van der Waals surface area (Å²) in [6.45, 7) is 4.25. The van der Waals surface area contributed by atoms with Gasteiger partial charge < -0.3 is 14.5 Å². The van der Waals surface area contributed by atoms with E-state index in [0.717, 1.165) is 25.3 Å². The van der Waals surface area contributed by atoms with Gasteiger partial charge in [0.05, 0.1) is 13.2 Å². The predicted octanol–water partition coefficient (Wildman–Crippen LogP) is 1.05. The number of carbonyl (C=O) groups is 1. The van der Waals surface area contributed by atoms with E-state index in [9.17, 15) is 4.79 Å². The number of hydrogen-bond donors (Lipinski definition) is 0. The Morgan fingerprint density at radius 3 is 2.92 bits per heavy atom. The highest BCUT2D eigenvalue weighted by molar-refractivity contribution is 5.92. The van der Waals surface area contributed by atoms with Crippen molar-refractivity contribution in [3.05, 3.63) is 30.4 Å². The molecule has 1 unspecified atom stereocenters. The van der Waals surface area contributed by atoms with Crippen LogP contribution in [0.15, 0.2) is 24.7 Å². The molecule has 2 aromatic heterocycles. The zero-order valence-corrected chi connectivity index (χ0v) is 14.2. The van der Waals surface area contributed by atoms with Crippen molar-refractivity contribution < 1.29 is 9.53 Å². The average molecular weight is 330 g/mol. The summed E-state index contributed by atoms with van der Waals surface area (Å²) in [5, 5.41) is 4.30.